The number of benzene rings is 8. The van der Waals surface area contributed by atoms with Crippen molar-refractivity contribution in [2.45, 2.75) is 6.92 Å². The number of hydrogen-bond donors (Lipinski definition) is 0. The summed E-state index contributed by atoms with van der Waals surface area (Å²) in [6.07, 6.45) is 0. The molecule has 0 amide bonds. The molecular weight excluding hydrogens is 633 g/mol. The highest BCUT2D eigenvalue weighted by Gasteiger charge is 2.23. The number of aryl methyl sites for hydroxylation is 1. The Labute approximate surface area is 302 Å². The summed E-state index contributed by atoms with van der Waals surface area (Å²) in [6, 6.07) is 67.1. The van der Waals surface area contributed by atoms with E-state index in [9.17, 15) is 0 Å². The van der Waals surface area contributed by atoms with Crippen LogP contribution in [0.1, 0.15) is 5.56 Å². The lowest BCUT2D eigenvalue weighted by Crippen LogP contribution is -2.10. The van der Waals surface area contributed by atoms with Crippen LogP contribution in [-0.2, 0) is 0 Å². The van der Waals surface area contributed by atoms with E-state index in [4.69, 9.17) is 4.42 Å². The molecule has 0 saturated carbocycles. The van der Waals surface area contributed by atoms with Crippen molar-refractivity contribution in [2.75, 3.05) is 4.90 Å². The molecule has 2 aromatic heterocycles. The Balaban J connectivity index is 1.14. The van der Waals surface area contributed by atoms with Crippen LogP contribution in [0.5, 0.6) is 0 Å². The number of anilines is 3. The number of nitrogens with zero attached hydrogens (tertiary/aromatic N) is 2. The minimum absolute atomic E-state index is 0.872. The van der Waals surface area contributed by atoms with Crippen molar-refractivity contribution < 1.29 is 4.42 Å². The van der Waals surface area contributed by atoms with Crippen LogP contribution in [0.4, 0.5) is 17.1 Å². The normalized spacial score (nSPS) is 11.6. The van der Waals surface area contributed by atoms with Crippen LogP contribution < -0.4 is 4.90 Å². The maximum absolute atomic E-state index is 6.79. The van der Waals surface area contributed by atoms with Gasteiger partial charge in [-0.25, -0.2) is 0 Å². The molecule has 0 atom stereocenters. The molecule has 10 rings (SSSR count). The van der Waals surface area contributed by atoms with Gasteiger partial charge in [0, 0.05) is 38.8 Å². The van der Waals surface area contributed by atoms with Gasteiger partial charge in [-0.15, -0.1) is 0 Å². The minimum Gasteiger partial charge on any atom is -0.455 e. The first-order valence-corrected chi connectivity index (χ1v) is 17.8. The molecule has 0 bridgehead atoms. The number of furan rings is 1. The summed E-state index contributed by atoms with van der Waals surface area (Å²) >= 11 is 0. The van der Waals surface area contributed by atoms with E-state index in [2.05, 4.69) is 198 Å². The molecule has 0 N–H and O–H groups in total. The zero-order chi connectivity index (χ0) is 34.6. The molecule has 0 saturated heterocycles. The van der Waals surface area contributed by atoms with E-state index < -0.39 is 0 Å². The van der Waals surface area contributed by atoms with Gasteiger partial charge in [0.15, 0.2) is 0 Å². The largest absolute Gasteiger partial charge is 0.455 e. The van der Waals surface area contributed by atoms with Crippen LogP contribution in [0.2, 0.25) is 0 Å². The fourth-order valence-electron chi connectivity index (χ4n) is 7.95. The smallest absolute Gasteiger partial charge is 0.145 e. The molecule has 0 spiro atoms. The SMILES string of the molecule is Cc1cc(N(c2ccccc2)c2ccc(-c3ccc(-n4c5ccccc5c5ccccc54)cc3)c3oc4ccccc4c23)ccc1-c1ccccc1. The number of hydrogen-bond acceptors (Lipinski definition) is 2. The van der Waals surface area contributed by atoms with E-state index >= 15 is 0 Å². The van der Waals surface area contributed by atoms with Crippen molar-refractivity contribution >= 4 is 60.8 Å². The second-order valence-corrected chi connectivity index (χ2v) is 13.4. The highest BCUT2D eigenvalue weighted by Crippen LogP contribution is 2.46. The first-order valence-electron chi connectivity index (χ1n) is 17.8. The zero-order valence-corrected chi connectivity index (χ0v) is 28.7. The van der Waals surface area contributed by atoms with Crippen molar-refractivity contribution in [2.24, 2.45) is 0 Å². The lowest BCUT2D eigenvalue weighted by Gasteiger charge is -2.27. The molecule has 0 fully saturated rings. The van der Waals surface area contributed by atoms with Crippen LogP contribution in [0.25, 0.3) is 71.7 Å². The Bertz CT molecular complexity index is 2850. The quantitative estimate of drug-likeness (QED) is 0.176. The number of para-hydroxylation sites is 4. The first kappa shape index (κ1) is 30.0. The summed E-state index contributed by atoms with van der Waals surface area (Å²) in [6.45, 7) is 2.20. The van der Waals surface area contributed by atoms with Gasteiger partial charge in [-0.3, -0.25) is 0 Å². The summed E-state index contributed by atoms with van der Waals surface area (Å²) < 4.78 is 9.15. The maximum atomic E-state index is 6.79. The molecule has 2 heterocycles. The zero-order valence-electron chi connectivity index (χ0n) is 28.7. The predicted octanol–water partition coefficient (Wildman–Crippen LogP) is 13.8. The molecule has 8 aromatic carbocycles. The minimum atomic E-state index is 0.872. The summed E-state index contributed by atoms with van der Waals surface area (Å²) in [5.41, 5.74) is 14.4. The van der Waals surface area contributed by atoms with Crippen molar-refractivity contribution in [1.82, 2.24) is 4.57 Å². The summed E-state index contributed by atoms with van der Waals surface area (Å²) in [4.78, 5) is 2.36. The third kappa shape index (κ3) is 4.82. The van der Waals surface area contributed by atoms with Gasteiger partial charge in [0.2, 0.25) is 0 Å². The Hall–Kier alpha value is -6.84. The fourth-order valence-corrected chi connectivity index (χ4v) is 7.95. The Kier molecular flexibility index (Phi) is 7.04. The average molecular weight is 667 g/mol. The average Bonchev–Trinajstić information content (AvgIpc) is 3.76. The van der Waals surface area contributed by atoms with Gasteiger partial charge in [0.1, 0.15) is 11.2 Å². The third-order valence-corrected chi connectivity index (χ3v) is 10.3. The van der Waals surface area contributed by atoms with Crippen LogP contribution in [0.3, 0.4) is 0 Å². The van der Waals surface area contributed by atoms with Crippen LogP contribution >= 0.6 is 0 Å². The fraction of sp³-hybridized carbons (Fsp3) is 0.0204. The Morgan fingerprint density at radius 1 is 0.462 bits per heavy atom. The number of rotatable bonds is 6. The lowest BCUT2D eigenvalue weighted by atomic mass is 9.98. The monoisotopic (exact) mass is 666 g/mol. The van der Waals surface area contributed by atoms with E-state index in [-0.39, 0.29) is 0 Å². The summed E-state index contributed by atoms with van der Waals surface area (Å²) in [5, 5.41) is 4.70. The van der Waals surface area contributed by atoms with Gasteiger partial charge >= 0.3 is 0 Å². The highest BCUT2D eigenvalue weighted by molar-refractivity contribution is 6.17. The molecule has 52 heavy (non-hydrogen) atoms. The van der Waals surface area contributed by atoms with E-state index in [1.54, 1.807) is 0 Å². The van der Waals surface area contributed by atoms with E-state index in [1.807, 2.05) is 6.07 Å². The molecule has 0 radical (unpaired) electrons. The predicted molar refractivity (Wildman–Crippen MR) is 218 cm³/mol. The molecule has 0 aliphatic rings. The molecule has 0 unspecified atom stereocenters. The number of aromatic nitrogens is 1. The van der Waals surface area contributed by atoms with Crippen LogP contribution in [0.15, 0.2) is 192 Å². The molecule has 3 heteroatoms. The van der Waals surface area contributed by atoms with Crippen molar-refractivity contribution in [3.05, 3.63) is 194 Å². The molecular formula is C49H34N2O. The first-order chi connectivity index (χ1) is 25.7. The third-order valence-electron chi connectivity index (χ3n) is 10.3. The Morgan fingerprint density at radius 2 is 1.04 bits per heavy atom. The summed E-state index contributed by atoms with van der Waals surface area (Å²) in [7, 11) is 0. The maximum Gasteiger partial charge on any atom is 0.145 e. The van der Waals surface area contributed by atoms with Crippen LogP contribution in [0, 0.1) is 6.92 Å². The molecule has 246 valence electrons. The van der Waals surface area contributed by atoms with Crippen molar-refractivity contribution in [1.29, 1.82) is 0 Å². The van der Waals surface area contributed by atoms with Crippen LogP contribution in [-0.4, -0.2) is 4.57 Å². The van der Waals surface area contributed by atoms with Gasteiger partial charge in [0.25, 0.3) is 0 Å². The molecule has 10 aromatic rings. The van der Waals surface area contributed by atoms with E-state index in [0.29, 0.717) is 0 Å². The van der Waals surface area contributed by atoms with Crippen molar-refractivity contribution in [3.63, 3.8) is 0 Å². The highest BCUT2D eigenvalue weighted by atomic mass is 16.3. The van der Waals surface area contributed by atoms with Gasteiger partial charge < -0.3 is 13.9 Å². The van der Waals surface area contributed by atoms with Gasteiger partial charge in [-0.2, -0.15) is 0 Å². The van der Waals surface area contributed by atoms with Gasteiger partial charge in [0.05, 0.1) is 22.1 Å². The standard InChI is InChI=1S/C49H34N2O/c1-33-32-38(28-29-39(33)34-14-4-2-5-15-34)50(36-16-6-3-7-17-36)46-31-30-40(49-48(46)43-20-10-13-23-47(43)52-49)35-24-26-37(27-25-35)51-44-21-11-8-18-41(44)42-19-9-12-22-45(42)51/h2-32H,1H3. The summed E-state index contributed by atoms with van der Waals surface area (Å²) in [5.74, 6) is 0. The Morgan fingerprint density at radius 3 is 1.73 bits per heavy atom. The van der Waals surface area contributed by atoms with E-state index in [1.165, 1.54) is 38.5 Å². The van der Waals surface area contributed by atoms with Gasteiger partial charge in [-0.1, -0.05) is 121 Å². The molecule has 0 aliphatic heterocycles. The van der Waals surface area contributed by atoms with Crippen molar-refractivity contribution in [3.8, 4) is 27.9 Å². The van der Waals surface area contributed by atoms with E-state index in [0.717, 1.165) is 55.8 Å². The second kappa shape index (κ2) is 12.2. The second-order valence-electron chi connectivity index (χ2n) is 13.4. The topological polar surface area (TPSA) is 21.3 Å². The van der Waals surface area contributed by atoms with Gasteiger partial charge in [-0.05, 0) is 95.9 Å². The molecule has 0 aliphatic carbocycles. The number of fused-ring (bicyclic) bond motifs is 6. The lowest BCUT2D eigenvalue weighted by molar-refractivity contribution is 0.670. The molecule has 3 nitrogen and oxygen atoms in total.